The highest BCUT2D eigenvalue weighted by Gasteiger charge is 2.13. The van der Waals surface area contributed by atoms with Crippen LogP contribution in [0.15, 0.2) is 12.3 Å². The van der Waals surface area contributed by atoms with Gasteiger partial charge in [-0.1, -0.05) is 12.8 Å². The lowest BCUT2D eigenvalue weighted by atomic mass is 10.1. The fraction of sp³-hybridized carbons (Fsp3) is 0.643. The second-order valence-corrected chi connectivity index (χ2v) is 4.89. The Morgan fingerprint density at radius 3 is 2.59 bits per heavy atom. The van der Waals surface area contributed by atoms with Crippen molar-refractivity contribution in [3.05, 3.63) is 23.5 Å². The SMILES string of the molecule is CNCc1cnc(C)cc1N1CCCCCC1. The summed E-state index contributed by atoms with van der Waals surface area (Å²) in [7, 11) is 1.99. The highest BCUT2D eigenvalue weighted by atomic mass is 15.1. The van der Waals surface area contributed by atoms with Crippen LogP contribution in [0.2, 0.25) is 0 Å². The van der Waals surface area contributed by atoms with Crippen LogP contribution in [0.5, 0.6) is 0 Å². The highest BCUT2D eigenvalue weighted by Crippen LogP contribution is 2.24. The minimum atomic E-state index is 0.902. The van der Waals surface area contributed by atoms with E-state index in [0.717, 1.165) is 12.2 Å². The molecule has 2 heterocycles. The zero-order valence-corrected chi connectivity index (χ0v) is 11.0. The lowest BCUT2D eigenvalue weighted by molar-refractivity contribution is 0.726. The van der Waals surface area contributed by atoms with Crippen LogP contribution in [0.4, 0.5) is 5.69 Å². The number of rotatable bonds is 3. The summed E-state index contributed by atoms with van der Waals surface area (Å²) >= 11 is 0. The van der Waals surface area contributed by atoms with Gasteiger partial charge in [0.2, 0.25) is 0 Å². The van der Waals surface area contributed by atoms with Crippen LogP contribution in [0.1, 0.15) is 36.9 Å². The molecule has 0 unspecified atom stereocenters. The van der Waals surface area contributed by atoms with Gasteiger partial charge in [0, 0.05) is 42.8 Å². The molecule has 1 N–H and O–H groups in total. The lowest BCUT2D eigenvalue weighted by Crippen LogP contribution is -2.26. The molecule has 0 aromatic carbocycles. The molecule has 3 heteroatoms. The van der Waals surface area contributed by atoms with Gasteiger partial charge in [-0.25, -0.2) is 0 Å². The zero-order chi connectivity index (χ0) is 12.1. The Balaban J connectivity index is 2.23. The molecule has 1 aliphatic heterocycles. The third-order valence-electron chi connectivity index (χ3n) is 3.41. The fourth-order valence-electron chi connectivity index (χ4n) is 2.51. The zero-order valence-electron chi connectivity index (χ0n) is 11.0. The molecule has 1 aliphatic rings. The van der Waals surface area contributed by atoms with Crippen LogP contribution in [0, 0.1) is 6.92 Å². The van der Waals surface area contributed by atoms with Crippen molar-refractivity contribution in [2.75, 3.05) is 25.0 Å². The molecule has 0 bridgehead atoms. The van der Waals surface area contributed by atoms with Crippen molar-refractivity contribution in [1.29, 1.82) is 0 Å². The van der Waals surface area contributed by atoms with Gasteiger partial charge >= 0.3 is 0 Å². The van der Waals surface area contributed by atoms with Crippen LogP contribution in [-0.2, 0) is 6.54 Å². The largest absolute Gasteiger partial charge is 0.371 e. The summed E-state index contributed by atoms with van der Waals surface area (Å²) in [5.74, 6) is 0. The molecule has 1 saturated heterocycles. The number of nitrogens with zero attached hydrogens (tertiary/aromatic N) is 2. The van der Waals surface area contributed by atoms with Crippen LogP contribution in [0.25, 0.3) is 0 Å². The molecule has 0 aliphatic carbocycles. The van der Waals surface area contributed by atoms with Crippen LogP contribution >= 0.6 is 0 Å². The number of hydrogen-bond acceptors (Lipinski definition) is 3. The van der Waals surface area contributed by atoms with Gasteiger partial charge in [0.25, 0.3) is 0 Å². The molecule has 0 spiro atoms. The first kappa shape index (κ1) is 12.4. The fourth-order valence-corrected chi connectivity index (χ4v) is 2.51. The van der Waals surface area contributed by atoms with Crippen molar-refractivity contribution in [3.8, 4) is 0 Å². The summed E-state index contributed by atoms with van der Waals surface area (Å²) in [6, 6.07) is 2.23. The summed E-state index contributed by atoms with van der Waals surface area (Å²) in [6.45, 7) is 5.37. The summed E-state index contributed by atoms with van der Waals surface area (Å²) < 4.78 is 0. The van der Waals surface area contributed by atoms with Crippen molar-refractivity contribution >= 4 is 5.69 Å². The van der Waals surface area contributed by atoms with E-state index in [2.05, 4.69) is 28.2 Å². The Kier molecular flexibility index (Phi) is 4.37. The number of aromatic nitrogens is 1. The normalized spacial score (nSPS) is 16.9. The molecule has 3 nitrogen and oxygen atoms in total. The van der Waals surface area contributed by atoms with Crippen LogP contribution in [0.3, 0.4) is 0 Å². The van der Waals surface area contributed by atoms with E-state index in [0.29, 0.717) is 0 Å². The third-order valence-corrected chi connectivity index (χ3v) is 3.41. The molecule has 1 aromatic rings. The van der Waals surface area contributed by atoms with Crippen molar-refractivity contribution in [3.63, 3.8) is 0 Å². The summed E-state index contributed by atoms with van der Waals surface area (Å²) in [4.78, 5) is 6.95. The third kappa shape index (κ3) is 3.19. The van der Waals surface area contributed by atoms with Crippen molar-refractivity contribution < 1.29 is 0 Å². The Labute approximate surface area is 104 Å². The first-order chi connectivity index (χ1) is 8.31. The minimum Gasteiger partial charge on any atom is -0.371 e. The van der Waals surface area contributed by atoms with E-state index in [1.165, 1.54) is 50.0 Å². The number of aryl methyl sites for hydroxylation is 1. The van der Waals surface area contributed by atoms with E-state index < -0.39 is 0 Å². The van der Waals surface area contributed by atoms with Gasteiger partial charge < -0.3 is 10.2 Å². The van der Waals surface area contributed by atoms with Crippen LogP contribution in [-0.4, -0.2) is 25.1 Å². The number of hydrogen-bond donors (Lipinski definition) is 1. The molecule has 17 heavy (non-hydrogen) atoms. The lowest BCUT2D eigenvalue weighted by Gasteiger charge is -2.25. The van der Waals surface area contributed by atoms with E-state index in [4.69, 9.17) is 0 Å². The molecule has 0 atom stereocenters. The number of anilines is 1. The average molecular weight is 233 g/mol. The number of pyridine rings is 1. The predicted molar refractivity (Wildman–Crippen MR) is 72.4 cm³/mol. The van der Waals surface area contributed by atoms with Gasteiger partial charge in [0.05, 0.1) is 0 Å². The summed E-state index contributed by atoms with van der Waals surface area (Å²) in [5.41, 5.74) is 3.82. The second-order valence-electron chi connectivity index (χ2n) is 4.89. The van der Waals surface area contributed by atoms with Gasteiger partial charge in [-0.15, -0.1) is 0 Å². The Morgan fingerprint density at radius 1 is 1.24 bits per heavy atom. The van der Waals surface area contributed by atoms with Gasteiger partial charge in [-0.05, 0) is 32.9 Å². The maximum atomic E-state index is 4.41. The molecule has 0 saturated carbocycles. The van der Waals surface area contributed by atoms with Gasteiger partial charge in [-0.3, -0.25) is 4.98 Å². The minimum absolute atomic E-state index is 0.902. The monoisotopic (exact) mass is 233 g/mol. The Bertz CT molecular complexity index is 354. The smallest absolute Gasteiger partial charge is 0.0445 e. The van der Waals surface area contributed by atoms with Gasteiger partial charge in [0.15, 0.2) is 0 Å². The van der Waals surface area contributed by atoms with E-state index in [-0.39, 0.29) is 0 Å². The topological polar surface area (TPSA) is 28.2 Å². The molecule has 2 rings (SSSR count). The van der Waals surface area contributed by atoms with E-state index in [1.807, 2.05) is 13.2 Å². The van der Waals surface area contributed by atoms with E-state index in [1.54, 1.807) is 0 Å². The standard InChI is InChI=1S/C14H23N3/c1-12-9-14(13(10-15-2)11-16-12)17-7-5-3-4-6-8-17/h9,11,15H,3-8,10H2,1-2H3. The molecule has 1 fully saturated rings. The molecular formula is C14H23N3. The van der Waals surface area contributed by atoms with Gasteiger partial charge in [0.1, 0.15) is 0 Å². The first-order valence-electron chi connectivity index (χ1n) is 6.66. The summed E-state index contributed by atoms with van der Waals surface area (Å²) in [5, 5.41) is 3.23. The van der Waals surface area contributed by atoms with E-state index in [9.17, 15) is 0 Å². The van der Waals surface area contributed by atoms with Crippen molar-refractivity contribution in [2.24, 2.45) is 0 Å². The number of nitrogens with one attached hydrogen (secondary N) is 1. The second kappa shape index (κ2) is 6.01. The highest BCUT2D eigenvalue weighted by molar-refractivity contribution is 5.53. The maximum Gasteiger partial charge on any atom is 0.0445 e. The first-order valence-corrected chi connectivity index (χ1v) is 6.66. The molecule has 0 radical (unpaired) electrons. The molecule has 1 aromatic heterocycles. The predicted octanol–water partition coefficient (Wildman–Crippen LogP) is 2.49. The maximum absolute atomic E-state index is 4.41. The van der Waals surface area contributed by atoms with Gasteiger partial charge in [-0.2, -0.15) is 0 Å². The summed E-state index contributed by atoms with van der Waals surface area (Å²) in [6.07, 6.45) is 7.41. The van der Waals surface area contributed by atoms with Crippen molar-refractivity contribution in [1.82, 2.24) is 10.3 Å². The average Bonchev–Trinajstić information content (AvgIpc) is 2.60. The molecule has 94 valence electrons. The molecule has 0 amide bonds. The quantitative estimate of drug-likeness (QED) is 0.869. The van der Waals surface area contributed by atoms with Crippen LogP contribution < -0.4 is 10.2 Å². The van der Waals surface area contributed by atoms with Crippen molar-refractivity contribution in [2.45, 2.75) is 39.2 Å². The van der Waals surface area contributed by atoms with E-state index >= 15 is 0 Å². The molecular weight excluding hydrogens is 210 g/mol. The Morgan fingerprint density at radius 2 is 1.94 bits per heavy atom. The Hall–Kier alpha value is -1.09.